The summed E-state index contributed by atoms with van der Waals surface area (Å²) in [6.07, 6.45) is 15.8. The highest BCUT2D eigenvalue weighted by atomic mass is 16.6. The number of rotatable bonds is 19. The van der Waals surface area contributed by atoms with Crippen molar-refractivity contribution in [3.63, 3.8) is 0 Å². The number of hydrogen-bond acceptors (Lipinski definition) is 5. The Bertz CT molecular complexity index is 460. The van der Waals surface area contributed by atoms with Gasteiger partial charge in [-0.3, -0.25) is 4.79 Å². The molecule has 6 nitrogen and oxygen atoms in total. The van der Waals surface area contributed by atoms with E-state index in [1.165, 1.54) is 64.7 Å². The van der Waals surface area contributed by atoms with Crippen LogP contribution < -0.4 is 5.32 Å². The van der Waals surface area contributed by atoms with E-state index in [-0.39, 0.29) is 19.6 Å². The molecule has 0 fully saturated rings. The summed E-state index contributed by atoms with van der Waals surface area (Å²) >= 11 is 0. The summed E-state index contributed by atoms with van der Waals surface area (Å²) in [6, 6.07) is 0. The first-order chi connectivity index (χ1) is 14.4. The summed E-state index contributed by atoms with van der Waals surface area (Å²) in [5.74, 6) is -1.93. The predicted molar refractivity (Wildman–Crippen MR) is 120 cm³/mol. The van der Waals surface area contributed by atoms with Crippen LogP contribution in [0.1, 0.15) is 118 Å². The van der Waals surface area contributed by atoms with E-state index >= 15 is 0 Å². The fourth-order valence-corrected chi connectivity index (χ4v) is 3.67. The zero-order valence-corrected chi connectivity index (χ0v) is 19.9. The van der Waals surface area contributed by atoms with Crippen molar-refractivity contribution in [3.05, 3.63) is 0 Å². The van der Waals surface area contributed by atoms with Crippen molar-refractivity contribution in [2.24, 2.45) is 0 Å². The third kappa shape index (κ3) is 12.2. The van der Waals surface area contributed by atoms with Crippen LogP contribution in [0.25, 0.3) is 0 Å². The van der Waals surface area contributed by atoms with Gasteiger partial charge in [0.1, 0.15) is 0 Å². The summed E-state index contributed by atoms with van der Waals surface area (Å²) < 4.78 is 10.2. The fraction of sp³-hybridized carbons (Fsp3) is 0.875. The van der Waals surface area contributed by atoms with Gasteiger partial charge in [0.15, 0.2) is 0 Å². The molecule has 0 aromatic rings. The van der Waals surface area contributed by atoms with Crippen molar-refractivity contribution in [1.29, 1.82) is 0 Å². The van der Waals surface area contributed by atoms with Gasteiger partial charge in [0, 0.05) is 6.92 Å². The molecule has 0 saturated carbocycles. The molecule has 0 saturated heterocycles. The van der Waals surface area contributed by atoms with E-state index in [0.717, 1.165) is 19.3 Å². The lowest BCUT2D eigenvalue weighted by Gasteiger charge is -2.29. The lowest BCUT2D eigenvalue weighted by molar-refractivity contribution is -0.168. The average molecular weight is 428 g/mol. The summed E-state index contributed by atoms with van der Waals surface area (Å²) in [4.78, 5) is 36.7. The molecule has 0 heterocycles. The van der Waals surface area contributed by atoms with Crippen LogP contribution in [-0.4, -0.2) is 36.6 Å². The largest absolute Gasteiger partial charge is 0.464 e. The molecule has 1 N–H and O–H groups in total. The first-order valence-electron chi connectivity index (χ1n) is 12.1. The molecule has 6 heteroatoms. The van der Waals surface area contributed by atoms with E-state index in [1.54, 1.807) is 13.8 Å². The van der Waals surface area contributed by atoms with Crippen LogP contribution >= 0.6 is 0 Å². The van der Waals surface area contributed by atoms with Crippen LogP contribution in [0.2, 0.25) is 0 Å². The molecule has 0 aromatic carbocycles. The predicted octanol–water partition coefficient (Wildman–Crippen LogP) is 5.47. The van der Waals surface area contributed by atoms with Crippen LogP contribution in [-0.2, 0) is 23.9 Å². The van der Waals surface area contributed by atoms with E-state index < -0.39 is 23.4 Å². The Morgan fingerprint density at radius 1 is 0.633 bits per heavy atom. The Morgan fingerprint density at radius 3 is 1.33 bits per heavy atom. The number of hydrogen-bond donors (Lipinski definition) is 1. The number of unbranched alkanes of at least 4 members (excludes halogenated alkanes) is 12. The van der Waals surface area contributed by atoms with Crippen molar-refractivity contribution < 1.29 is 23.9 Å². The molecule has 0 rings (SSSR count). The van der Waals surface area contributed by atoms with Crippen molar-refractivity contribution >= 4 is 17.8 Å². The zero-order valence-electron chi connectivity index (χ0n) is 19.9. The van der Waals surface area contributed by atoms with Gasteiger partial charge in [-0.1, -0.05) is 84.0 Å². The second kappa shape index (κ2) is 18.2. The minimum absolute atomic E-state index is 0.137. The highest BCUT2D eigenvalue weighted by Gasteiger charge is 2.49. The molecule has 0 aliphatic carbocycles. The van der Waals surface area contributed by atoms with Gasteiger partial charge in [-0.05, 0) is 26.7 Å². The second-order valence-corrected chi connectivity index (χ2v) is 8.02. The lowest BCUT2D eigenvalue weighted by Crippen LogP contribution is -2.61. The number of nitrogens with one attached hydrogen (secondary N) is 1. The lowest BCUT2D eigenvalue weighted by atomic mass is 9.91. The van der Waals surface area contributed by atoms with E-state index in [0.29, 0.717) is 6.42 Å². The second-order valence-electron chi connectivity index (χ2n) is 8.02. The summed E-state index contributed by atoms with van der Waals surface area (Å²) in [6.45, 7) is 7.15. The quantitative estimate of drug-likeness (QED) is 0.168. The van der Waals surface area contributed by atoms with Gasteiger partial charge in [0.2, 0.25) is 11.4 Å². The third-order valence-corrected chi connectivity index (χ3v) is 5.29. The number of carbonyl (C=O) groups is 3. The van der Waals surface area contributed by atoms with Gasteiger partial charge >= 0.3 is 11.9 Å². The van der Waals surface area contributed by atoms with Crippen molar-refractivity contribution in [2.75, 3.05) is 13.2 Å². The molecule has 0 spiro atoms. The normalized spacial score (nSPS) is 11.2. The third-order valence-electron chi connectivity index (χ3n) is 5.29. The van der Waals surface area contributed by atoms with E-state index in [4.69, 9.17) is 9.47 Å². The van der Waals surface area contributed by atoms with Crippen LogP contribution in [0.5, 0.6) is 0 Å². The summed E-state index contributed by atoms with van der Waals surface area (Å²) in [7, 11) is 0. The highest BCUT2D eigenvalue weighted by Crippen LogP contribution is 2.21. The Labute approximate surface area is 183 Å². The molecule has 0 aromatic heterocycles. The van der Waals surface area contributed by atoms with Crippen molar-refractivity contribution in [1.82, 2.24) is 5.32 Å². The van der Waals surface area contributed by atoms with Crippen molar-refractivity contribution in [3.8, 4) is 0 Å². The number of esters is 2. The van der Waals surface area contributed by atoms with Gasteiger partial charge in [-0.25, -0.2) is 9.59 Å². The summed E-state index contributed by atoms with van der Waals surface area (Å²) in [5, 5.41) is 2.52. The summed E-state index contributed by atoms with van der Waals surface area (Å²) in [5.41, 5.74) is -1.74. The van der Waals surface area contributed by atoms with Gasteiger partial charge in [-0.15, -0.1) is 0 Å². The van der Waals surface area contributed by atoms with Gasteiger partial charge in [0.25, 0.3) is 0 Å². The van der Waals surface area contributed by atoms with Gasteiger partial charge < -0.3 is 14.8 Å². The molecule has 1 amide bonds. The standard InChI is InChI=1S/C24H45NO5/c1-5-8-9-10-11-12-13-14-15-16-17-18-19-20-24(25-21(4)26,22(27)29-6-2)23(28)30-7-3/h5-20H2,1-4H3,(H,25,26). The Balaban J connectivity index is 4.28. The van der Waals surface area contributed by atoms with E-state index in [2.05, 4.69) is 12.2 Å². The Hall–Kier alpha value is -1.59. The molecular weight excluding hydrogens is 382 g/mol. The maximum absolute atomic E-state index is 12.5. The molecule has 0 aliphatic rings. The SMILES string of the molecule is CCCCCCCCCCCCCCCC(NC(C)=O)(C(=O)OCC)C(=O)OCC. The van der Waals surface area contributed by atoms with E-state index in [1.807, 2.05) is 0 Å². The maximum atomic E-state index is 12.5. The van der Waals surface area contributed by atoms with Crippen LogP contribution in [0.3, 0.4) is 0 Å². The first-order valence-corrected chi connectivity index (χ1v) is 12.1. The molecule has 176 valence electrons. The van der Waals surface area contributed by atoms with Gasteiger partial charge in [0.05, 0.1) is 13.2 Å². The van der Waals surface area contributed by atoms with Gasteiger partial charge in [-0.2, -0.15) is 0 Å². The number of ether oxygens (including phenoxy) is 2. The number of carbonyl (C=O) groups excluding carboxylic acids is 3. The monoisotopic (exact) mass is 427 g/mol. The maximum Gasteiger partial charge on any atom is 0.343 e. The smallest absolute Gasteiger partial charge is 0.343 e. The molecule has 0 radical (unpaired) electrons. The topological polar surface area (TPSA) is 81.7 Å². The molecule has 0 aliphatic heterocycles. The van der Waals surface area contributed by atoms with Crippen molar-refractivity contribution in [2.45, 2.75) is 123 Å². The highest BCUT2D eigenvalue weighted by molar-refractivity contribution is 6.07. The Kier molecular flexibility index (Phi) is 17.2. The molecule has 30 heavy (non-hydrogen) atoms. The molecule has 0 bridgehead atoms. The van der Waals surface area contributed by atoms with Crippen LogP contribution in [0.4, 0.5) is 0 Å². The minimum atomic E-state index is -1.74. The number of amides is 1. The van der Waals surface area contributed by atoms with Crippen LogP contribution in [0, 0.1) is 0 Å². The minimum Gasteiger partial charge on any atom is -0.464 e. The molecule has 0 atom stereocenters. The van der Waals surface area contributed by atoms with E-state index in [9.17, 15) is 14.4 Å². The molecule has 0 unspecified atom stereocenters. The Morgan fingerprint density at radius 2 is 1.00 bits per heavy atom. The molecular formula is C24H45NO5. The van der Waals surface area contributed by atoms with Crippen LogP contribution in [0.15, 0.2) is 0 Å². The fourth-order valence-electron chi connectivity index (χ4n) is 3.67. The average Bonchev–Trinajstić information content (AvgIpc) is 2.70. The first kappa shape index (κ1) is 28.4. The zero-order chi connectivity index (χ0) is 22.7.